The molecule has 0 saturated carbocycles. The van der Waals surface area contributed by atoms with E-state index < -0.39 is 15.8 Å². The summed E-state index contributed by atoms with van der Waals surface area (Å²) >= 11 is 0. The number of nitrogens with one attached hydrogen (secondary N) is 1. The molecule has 0 bridgehead atoms. The second-order valence-corrected chi connectivity index (χ2v) is 7.16. The van der Waals surface area contributed by atoms with Crippen molar-refractivity contribution in [1.82, 2.24) is 10.3 Å². The van der Waals surface area contributed by atoms with E-state index in [1.807, 2.05) is 0 Å². The molecule has 1 fully saturated rings. The zero-order chi connectivity index (χ0) is 14.6. The molecule has 2 rings (SSSR count). The van der Waals surface area contributed by atoms with Gasteiger partial charge in [-0.3, -0.25) is 4.98 Å². The molecule has 1 aliphatic heterocycles. The van der Waals surface area contributed by atoms with E-state index in [2.05, 4.69) is 15.0 Å². The summed E-state index contributed by atoms with van der Waals surface area (Å²) in [4.78, 5) is 15.4. The largest absolute Gasteiger partial charge is 0.465 e. The predicted molar refractivity (Wildman–Crippen MR) is 74.0 cm³/mol. The minimum atomic E-state index is -2.82. The van der Waals surface area contributed by atoms with E-state index in [1.165, 1.54) is 13.3 Å². The monoisotopic (exact) mass is 298 g/mol. The first kappa shape index (κ1) is 14.9. The van der Waals surface area contributed by atoms with Crippen molar-refractivity contribution in [2.75, 3.05) is 25.2 Å². The molecule has 1 unspecified atom stereocenters. The summed E-state index contributed by atoms with van der Waals surface area (Å²) in [7, 11) is -1.49. The van der Waals surface area contributed by atoms with Gasteiger partial charge in [-0.25, -0.2) is 13.2 Å². The van der Waals surface area contributed by atoms with Crippen LogP contribution in [0.2, 0.25) is 0 Å². The van der Waals surface area contributed by atoms with Crippen molar-refractivity contribution in [3.63, 3.8) is 0 Å². The maximum absolute atomic E-state index is 11.3. The van der Waals surface area contributed by atoms with Gasteiger partial charge < -0.3 is 10.1 Å². The van der Waals surface area contributed by atoms with Gasteiger partial charge in [0.15, 0.2) is 9.84 Å². The third kappa shape index (κ3) is 4.01. The molecule has 1 aromatic rings. The van der Waals surface area contributed by atoms with Crippen LogP contribution in [0.25, 0.3) is 0 Å². The first-order valence-electron chi connectivity index (χ1n) is 6.44. The number of carbonyl (C=O) groups is 1. The van der Waals surface area contributed by atoms with E-state index in [0.29, 0.717) is 24.4 Å². The van der Waals surface area contributed by atoms with E-state index in [9.17, 15) is 13.2 Å². The quantitative estimate of drug-likeness (QED) is 0.792. The van der Waals surface area contributed by atoms with Crippen LogP contribution in [-0.2, 0) is 21.1 Å². The molecule has 0 aromatic carbocycles. The van der Waals surface area contributed by atoms with Gasteiger partial charge in [0, 0.05) is 12.7 Å². The number of hydrogen-bond acceptors (Lipinski definition) is 6. The highest BCUT2D eigenvalue weighted by Gasteiger charge is 2.27. The molecule has 1 aromatic heterocycles. The number of hydrogen-bond donors (Lipinski definition) is 1. The molecule has 1 N–H and O–H groups in total. The van der Waals surface area contributed by atoms with Crippen molar-refractivity contribution >= 4 is 15.8 Å². The van der Waals surface area contributed by atoms with E-state index in [1.54, 1.807) is 12.1 Å². The van der Waals surface area contributed by atoms with Crippen molar-refractivity contribution < 1.29 is 17.9 Å². The van der Waals surface area contributed by atoms with Crippen molar-refractivity contribution in [3.8, 4) is 0 Å². The molecule has 1 aliphatic rings. The Balaban J connectivity index is 1.79. The number of aromatic nitrogens is 1. The zero-order valence-corrected chi connectivity index (χ0v) is 12.1. The van der Waals surface area contributed by atoms with Crippen LogP contribution in [0.1, 0.15) is 22.5 Å². The normalized spacial score (nSPS) is 20.8. The lowest BCUT2D eigenvalue weighted by Crippen LogP contribution is -2.23. The summed E-state index contributed by atoms with van der Waals surface area (Å²) in [5, 5.41) is 3.20. The second kappa shape index (κ2) is 6.32. The van der Waals surface area contributed by atoms with Gasteiger partial charge in [0.05, 0.1) is 29.9 Å². The minimum absolute atomic E-state index is 0.189. The Bertz CT molecular complexity index is 569. The fourth-order valence-corrected chi connectivity index (χ4v) is 4.07. The number of esters is 1. The maximum atomic E-state index is 11.3. The van der Waals surface area contributed by atoms with Gasteiger partial charge in [0.2, 0.25) is 0 Å². The highest BCUT2D eigenvalue weighted by Crippen LogP contribution is 2.17. The fourth-order valence-electron chi connectivity index (χ4n) is 2.21. The lowest BCUT2D eigenvalue weighted by molar-refractivity contribution is 0.0600. The third-order valence-electron chi connectivity index (χ3n) is 3.31. The van der Waals surface area contributed by atoms with Gasteiger partial charge in [-0.1, -0.05) is 0 Å². The van der Waals surface area contributed by atoms with Crippen LogP contribution < -0.4 is 5.32 Å². The summed E-state index contributed by atoms with van der Waals surface area (Å²) in [6.45, 7) is 1.22. The van der Waals surface area contributed by atoms with Crippen molar-refractivity contribution in [1.29, 1.82) is 0 Å². The Morgan fingerprint density at radius 3 is 2.85 bits per heavy atom. The van der Waals surface area contributed by atoms with Crippen LogP contribution in [0.3, 0.4) is 0 Å². The molecule has 0 aliphatic carbocycles. The van der Waals surface area contributed by atoms with Crippen LogP contribution in [0.4, 0.5) is 0 Å². The third-order valence-corrected chi connectivity index (χ3v) is 5.15. The smallest absolute Gasteiger partial charge is 0.339 e. The number of sulfone groups is 1. The van der Waals surface area contributed by atoms with Gasteiger partial charge in [0.25, 0.3) is 0 Å². The standard InChI is InChI=1S/C13H18N2O4S/c1-19-13(16)11-2-3-12(15-7-11)8-14-6-10-4-5-20(17,18)9-10/h2-3,7,10,14H,4-6,8-9H2,1H3. The molecule has 0 amide bonds. The van der Waals surface area contributed by atoms with Crippen molar-refractivity contribution in [2.24, 2.45) is 5.92 Å². The molecule has 0 radical (unpaired) electrons. The SMILES string of the molecule is COC(=O)c1ccc(CNCC2CCS(=O)(=O)C2)nc1. The molecule has 1 saturated heterocycles. The number of ether oxygens (including phenoxy) is 1. The van der Waals surface area contributed by atoms with Gasteiger partial charge in [-0.2, -0.15) is 0 Å². The van der Waals surface area contributed by atoms with Crippen LogP contribution in [0.15, 0.2) is 18.3 Å². The molecular formula is C13H18N2O4S. The summed E-state index contributed by atoms with van der Waals surface area (Å²) in [6, 6.07) is 3.42. The lowest BCUT2D eigenvalue weighted by Gasteiger charge is -2.09. The van der Waals surface area contributed by atoms with E-state index in [-0.39, 0.29) is 11.7 Å². The number of carbonyl (C=O) groups excluding carboxylic acids is 1. The summed E-state index contributed by atoms with van der Waals surface area (Å²) in [5.41, 5.74) is 1.22. The Morgan fingerprint density at radius 1 is 1.50 bits per heavy atom. The number of rotatable bonds is 5. The Morgan fingerprint density at radius 2 is 2.30 bits per heavy atom. The molecule has 20 heavy (non-hydrogen) atoms. The highest BCUT2D eigenvalue weighted by molar-refractivity contribution is 7.91. The molecule has 1 atom stereocenters. The van der Waals surface area contributed by atoms with Crippen molar-refractivity contribution in [3.05, 3.63) is 29.6 Å². The first-order valence-corrected chi connectivity index (χ1v) is 8.27. The van der Waals surface area contributed by atoms with Gasteiger partial charge in [-0.15, -0.1) is 0 Å². The minimum Gasteiger partial charge on any atom is -0.465 e. The van der Waals surface area contributed by atoms with Crippen LogP contribution in [-0.4, -0.2) is 44.5 Å². The zero-order valence-electron chi connectivity index (χ0n) is 11.3. The average Bonchev–Trinajstić information content (AvgIpc) is 2.78. The van der Waals surface area contributed by atoms with E-state index in [0.717, 1.165) is 12.1 Å². The number of pyridine rings is 1. The van der Waals surface area contributed by atoms with Crippen LogP contribution >= 0.6 is 0 Å². The topological polar surface area (TPSA) is 85.4 Å². The molecule has 6 nitrogen and oxygen atoms in total. The van der Waals surface area contributed by atoms with Crippen LogP contribution in [0.5, 0.6) is 0 Å². The number of nitrogens with zero attached hydrogens (tertiary/aromatic N) is 1. The van der Waals surface area contributed by atoms with Gasteiger partial charge in [-0.05, 0) is 31.0 Å². The predicted octanol–water partition coefficient (Wildman–Crippen LogP) is 0.392. The average molecular weight is 298 g/mol. The highest BCUT2D eigenvalue weighted by atomic mass is 32.2. The summed E-state index contributed by atoms with van der Waals surface area (Å²) in [6.07, 6.45) is 2.20. The Hall–Kier alpha value is -1.47. The lowest BCUT2D eigenvalue weighted by atomic mass is 10.1. The van der Waals surface area contributed by atoms with E-state index in [4.69, 9.17) is 0 Å². The maximum Gasteiger partial charge on any atom is 0.339 e. The number of methoxy groups -OCH3 is 1. The Labute approximate surface area is 118 Å². The summed E-state index contributed by atoms with van der Waals surface area (Å²) < 4.78 is 27.2. The van der Waals surface area contributed by atoms with Gasteiger partial charge >= 0.3 is 5.97 Å². The summed E-state index contributed by atoms with van der Waals surface area (Å²) in [5.74, 6) is 0.350. The molecule has 0 spiro atoms. The van der Waals surface area contributed by atoms with Crippen molar-refractivity contribution in [2.45, 2.75) is 13.0 Å². The first-order chi connectivity index (χ1) is 9.50. The molecular weight excluding hydrogens is 280 g/mol. The molecule has 2 heterocycles. The Kier molecular flexibility index (Phi) is 4.72. The van der Waals surface area contributed by atoms with Gasteiger partial charge in [0.1, 0.15) is 0 Å². The van der Waals surface area contributed by atoms with E-state index >= 15 is 0 Å². The molecule has 110 valence electrons. The second-order valence-electron chi connectivity index (χ2n) is 4.93. The fraction of sp³-hybridized carbons (Fsp3) is 0.538. The van der Waals surface area contributed by atoms with Crippen LogP contribution in [0, 0.1) is 5.92 Å². The molecule has 7 heteroatoms.